The first kappa shape index (κ1) is 15.4. The van der Waals surface area contributed by atoms with E-state index in [0.717, 1.165) is 4.90 Å². The first-order valence-corrected chi connectivity index (χ1v) is 6.39. The van der Waals surface area contributed by atoms with Crippen LogP contribution in [0.2, 0.25) is 0 Å². The van der Waals surface area contributed by atoms with Gasteiger partial charge in [0.15, 0.2) is 5.78 Å². The van der Waals surface area contributed by atoms with Gasteiger partial charge in [-0.1, -0.05) is 0 Å². The number of ether oxygens (including phenoxy) is 1. The molecule has 0 saturated carbocycles. The summed E-state index contributed by atoms with van der Waals surface area (Å²) in [6.45, 7) is 2.44. The molecule has 0 radical (unpaired) electrons. The number of allylic oxidation sites excluding steroid dienone is 1. The van der Waals surface area contributed by atoms with Crippen LogP contribution in [0.5, 0.6) is 5.75 Å². The maximum absolute atomic E-state index is 12.4. The number of carbonyl (C=O) groups excluding carboxylic acids is 3. The lowest BCUT2D eigenvalue weighted by Crippen LogP contribution is -2.34. The molecule has 0 aliphatic carbocycles. The zero-order chi connectivity index (χ0) is 16.4. The lowest BCUT2D eigenvalue weighted by atomic mass is 10.0. The number of carbonyl (C=O) groups is 3. The number of aliphatic hydroxyl groups is 1. The number of rotatable bonds is 4. The van der Waals surface area contributed by atoms with Crippen LogP contribution in [-0.4, -0.2) is 35.6 Å². The lowest BCUT2D eigenvalue weighted by Gasteiger charge is -2.13. The van der Waals surface area contributed by atoms with Crippen molar-refractivity contribution in [2.45, 2.75) is 13.8 Å². The molecular weight excluding hydrogens is 288 g/mol. The number of imide groups is 1. The fourth-order valence-corrected chi connectivity index (χ4v) is 2.10. The first-order chi connectivity index (χ1) is 10.4. The summed E-state index contributed by atoms with van der Waals surface area (Å²) in [5.74, 6) is -1.09. The second-order valence-electron chi connectivity index (χ2n) is 4.60. The van der Waals surface area contributed by atoms with Crippen LogP contribution in [0, 0.1) is 0 Å². The summed E-state index contributed by atoms with van der Waals surface area (Å²) in [5, 5.41) is 9.55. The number of methoxy groups -OCH3 is 1. The van der Waals surface area contributed by atoms with Gasteiger partial charge in [-0.3, -0.25) is 9.59 Å². The number of ketones is 1. The third kappa shape index (κ3) is 2.60. The van der Waals surface area contributed by atoms with E-state index in [1.54, 1.807) is 12.1 Å². The van der Waals surface area contributed by atoms with E-state index in [1.807, 2.05) is 0 Å². The van der Waals surface area contributed by atoms with Crippen molar-refractivity contribution in [2.24, 2.45) is 4.99 Å². The van der Waals surface area contributed by atoms with Crippen LogP contribution in [0.25, 0.3) is 0 Å². The first-order valence-electron chi connectivity index (χ1n) is 6.39. The number of nitrogens with zero attached hydrogens (tertiary/aromatic N) is 2. The van der Waals surface area contributed by atoms with Gasteiger partial charge in [0.1, 0.15) is 17.2 Å². The summed E-state index contributed by atoms with van der Waals surface area (Å²) in [7, 11) is 1.50. The topological polar surface area (TPSA) is 96.3 Å². The van der Waals surface area contributed by atoms with Crippen molar-refractivity contribution in [2.75, 3.05) is 12.0 Å². The molecule has 7 heteroatoms. The van der Waals surface area contributed by atoms with Crippen LogP contribution in [0.3, 0.4) is 0 Å². The Hall–Kier alpha value is -2.96. The molecule has 0 saturated heterocycles. The van der Waals surface area contributed by atoms with Crippen molar-refractivity contribution in [3.05, 3.63) is 35.6 Å². The normalized spacial score (nSPS) is 15.6. The predicted octanol–water partition coefficient (Wildman–Crippen LogP) is 2.02. The summed E-state index contributed by atoms with van der Waals surface area (Å²) in [4.78, 5) is 40.3. The highest BCUT2D eigenvalue weighted by Gasteiger charge is 2.38. The van der Waals surface area contributed by atoms with E-state index < -0.39 is 17.7 Å². The molecule has 1 aromatic rings. The fourth-order valence-electron chi connectivity index (χ4n) is 2.10. The van der Waals surface area contributed by atoms with Crippen LogP contribution >= 0.6 is 0 Å². The third-order valence-corrected chi connectivity index (χ3v) is 3.09. The van der Waals surface area contributed by atoms with Gasteiger partial charge in [-0.05, 0) is 38.1 Å². The van der Waals surface area contributed by atoms with Crippen molar-refractivity contribution < 1.29 is 24.2 Å². The summed E-state index contributed by atoms with van der Waals surface area (Å²) in [5.41, 5.74) is -0.310. The number of hydrogen-bond acceptors (Lipinski definition) is 5. The minimum Gasteiger partial charge on any atom is -0.512 e. The molecule has 0 spiro atoms. The number of hydrogen-bond donors (Lipinski definition) is 1. The minimum absolute atomic E-state index is 0.255. The van der Waals surface area contributed by atoms with Gasteiger partial charge in [-0.25, -0.2) is 9.69 Å². The van der Waals surface area contributed by atoms with Crippen molar-refractivity contribution in [1.29, 1.82) is 0 Å². The van der Waals surface area contributed by atoms with Gasteiger partial charge >= 0.3 is 6.03 Å². The SMILES string of the molecule is COc1ccc(N2C(=O)N=C(C(C(C)=O)=C(C)O)C2=O)cc1. The van der Waals surface area contributed by atoms with Crippen LogP contribution in [0.15, 0.2) is 40.6 Å². The van der Waals surface area contributed by atoms with Crippen LogP contribution < -0.4 is 9.64 Å². The summed E-state index contributed by atoms with van der Waals surface area (Å²) in [6.07, 6.45) is 0. The van der Waals surface area contributed by atoms with Crippen molar-refractivity contribution in [3.63, 3.8) is 0 Å². The summed E-state index contributed by atoms with van der Waals surface area (Å²) < 4.78 is 5.01. The molecule has 0 fully saturated rings. The highest BCUT2D eigenvalue weighted by molar-refractivity contribution is 6.61. The molecule has 0 atom stereocenters. The van der Waals surface area contributed by atoms with Crippen LogP contribution in [-0.2, 0) is 9.59 Å². The molecule has 114 valence electrons. The number of amides is 3. The molecule has 0 unspecified atom stereocenters. The fraction of sp³-hybridized carbons (Fsp3) is 0.200. The second-order valence-corrected chi connectivity index (χ2v) is 4.60. The highest BCUT2D eigenvalue weighted by atomic mass is 16.5. The Morgan fingerprint density at radius 3 is 2.23 bits per heavy atom. The Labute approximate surface area is 126 Å². The molecular formula is C15H14N2O5. The van der Waals surface area contributed by atoms with E-state index in [9.17, 15) is 19.5 Å². The zero-order valence-corrected chi connectivity index (χ0v) is 12.3. The second kappa shape index (κ2) is 5.80. The zero-order valence-electron chi connectivity index (χ0n) is 12.3. The van der Waals surface area contributed by atoms with E-state index in [2.05, 4.69) is 4.99 Å². The number of Topliss-reactive ketones (excluding diaryl/α,β-unsaturated/α-hetero) is 1. The number of benzene rings is 1. The van der Waals surface area contributed by atoms with Crippen molar-refractivity contribution in [3.8, 4) is 5.75 Å². The molecule has 0 aromatic heterocycles. The molecule has 22 heavy (non-hydrogen) atoms. The van der Waals surface area contributed by atoms with E-state index in [4.69, 9.17) is 4.74 Å². The van der Waals surface area contributed by atoms with Crippen LogP contribution in [0.4, 0.5) is 10.5 Å². The Bertz CT molecular complexity index is 712. The quantitative estimate of drug-likeness (QED) is 0.678. The summed E-state index contributed by atoms with van der Waals surface area (Å²) in [6, 6.07) is 5.41. The lowest BCUT2D eigenvalue weighted by molar-refractivity contribution is -0.114. The molecule has 1 aromatic carbocycles. The van der Waals surface area contributed by atoms with Gasteiger partial charge in [0, 0.05) is 0 Å². The number of anilines is 1. The predicted molar refractivity (Wildman–Crippen MR) is 79.3 cm³/mol. The Balaban J connectivity index is 2.40. The maximum atomic E-state index is 12.4. The van der Waals surface area contributed by atoms with Crippen LogP contribution in [0.1, 0.15) is 13.8 Å². The van der Waals surface area contributed by atoms with Gasteiger partial charge in [-0.15, -0.1) is 0 Å². The van der Waals surface area contributed by atoms with Crippen molar-refractivity contribution in [1.82, 2.24) is 0 Å². The minimum atomic E-state index is -0.815. The van der Waals surface area contributed by atoms with E-state index >= 15 is 0 Å². The van der Waals surface area contributed by atoms with Gasteiger partial charge in [0.25, 0.3) is 5.91 Å². The number of urea groups is 1. The molecule has 0 bridgehead atoms. The third-order valence-electron chi connectivity index (χ3n) is 3.09. The summed E-state index contributed by atoms with van der Waals surface area (Å²) >= 11 is 0. The van der Waals surface area contributed by atoms with E-state index in [-0.39, 0.29) is 17.0 Å². The Kier molecular flexibility index (Phi) is 4.07. The van der Waals surface area contributed by atoms with Gasteiger partial charge in [-0.2, -0.15) is 4.99 Å². The van der Waals surface area contributed by atoms with E-state index in [1.165, 1.54) is 33.1 Å². The van der Waals surface area contributed by atoms with Gasteiger partial charge in [0.05, 0.1) is 18.4 Å². The molecule has 2 rings (SSSR count). The van der Waals surface area contributed by atoms with Gasteiger partial charge in [0.2, 0.25) is 0 Å². The van der Waals surface area contributed by atoms with E-state index in [0.29, 0.717) is 11.4 Å². The monoisotopic (exact) mass is 302 g/mol. The molecule has 7 nitrogen and oxygen atoms in total. The Morgan fingerprint density at radius 2 is 1.77 bits per heavy atom. The molecule has 3 amide bonds. The molecule has 1 heterocycles. The molecule has 1 aliphatic rings. The smallest absolute Gasteiger partial charge is 0.355 e. The van der Waals surface area contributed by atoms with Crippen molar-refractivity contribution >= 4 is 29.1 Å². The number of aliphatic hydroxyl groups excluding tert-OH is 1. The average Bonchev–Trinajstić information content (AvgIpc) is 2.73. The molecule has 1 aliphatic heterocycles. The Morgan fingerprint density at radius 1 is 1.18 bits per heavy atom. The maximum Gasteiger partial charge on any atom is 0.355 e. The standard InChI is InChI=1S/C15H14N2O5/c1-8(18)12(9(2)19)13-14(20)17(15(21)16-13)10-4-6-11(22-3)7-5-10/h4-7,18H,1-3H3. The number of aliphatic imine (C=N–C) groups is 1. The molecule has 1 N–H and O–H groups in total. The largest absolute Gasteiger partial charge is 0.512 e. The highest BCUT2D eigenvalue weighted by Crippen LogP contribution is 2.25. The van der Waals surface area contributed by atoms with Gasteiger partial charge < -0.3 is 9.84 Å². The average molecular weight is 302 g/mol.